The van der Waals surface area contributed by atoms with E-state index in [2.05, 4.69) is 22.1 Å². The summed E-state index contributed by atoms with van der Waals surface area (Å²) in [6.07, 6.45) is 2.69. The SMILES string of the molecule is CN1CCN(C(=O)c2ccc3nnc([C@@H]4CCN(C(=O)N(C)C)C4)n3c2)CC1. The first-order valence-corrected chi connectivity index (χ1v) is 9.73. The molecule has 0 unspecified atom stereocenters. The Labute approximate surface area is 164 Å². The van der Waals surface area contributed by atoms with Gasteiger partial charge in [-0.25, -0.2) is 4.79 Å². The molecule has 150 valence electrons. The summed E-state index contributed by atoms with van der Waals surface area (Å²) in [5, 5.41) is 8.63. The summed E-state index contributed by atoms with van der Waals surface area (Å²) >= 11 is 0. The Kier molecular flexibility index (Phi) is 4.92. The van der Waals surface area contributed by atoms with Crippen molar-refractivity contribution < 1.29 is 9.59 Å². The molecule has 9 nitrogen and oxygen atoms in total. The molecule has 2 aromatic rings. The second kappa shape index (κ2) is 7.38. The van der Waals surface area contributed by atoms with E-state index in [0.717, 1.165) is 44.1 Å². The van der Waals surface area contributed by atoms with Crippen LogP contribution in [0.1, 0.15) is 28.5 Å². The van der Waals surface area contributed by atoms with Gasteiger partial charge in [0.1, 0.15) is 5.82 Å². The van der Waals surface area contributed by atoms with Crippen LogP contribution in [-0.4, -0.2) is 107 Å². The van der Waals surface area contributed by atoms with Crippen LogP contribution in [0, 0.1) is 0 Å². The van der Waals surface area contributed by atoms with Gasteiger partial charge >= 0.3 is 6.03 Å². The zero-order valence-electron chi connectivity index (χ0n) is 16.7. The molecule has 3 amide bonds. The second-order valence-corrected chi connectivity index (χ2v) is 7.91. The lowest BCUT2D eigenvalue weighted by molar-refractivity contribution is 0.0663. The van der Waals surface area contributed by atoms with E-state index < -0.39 is 0 Å². The number of hydrogen-bond donors (Lipinski definition) is 0. The van der Waals surface area contributed by atoms with E-state index in [9.17, 15) is 9.59 Å². The van der Waals surface area contributed by atoms with E-state index in [1.165, 1.54) is 0 Å². The van der Waals surface area contributed by atoms with Crippen molar-refractivity contribution in [2.75, 3.05) is 60.4 Å². The van der Waals surface area contributed by atoms with Crippen LogP contribution in [0.25, 0.3) is 5.65 Å². The summed E-state index contributed by atoms with van der Waals surface area (Å²) in [4.78, 5) is 32.7. The quantitative estimate of drug-likeness (QED) is 0.756. The molecule has 2 saturated heterocycles. The molecule has 2 fully saturated rings. The Balaban J connectivity index is 1.55. The summed E-state index contributed by atoms with van der Waals surface area (Å²) in [6, 6.07) is 3.69. The van der Waals surface area contributed by atoms with Crippen LogP contribution in [0.4, 0.5) is 4.79 Å². The van der Waals surface area contributed by atoms with Gasteiger partial charge in [0, 0.05) is 65.5 Å². The number of carbonyl (C=O) groups is 2. The van der Waals surface area contributed by atoms with Crippen molar-refractivity contribution in [2.24, 2.45) is 0 Å². The van der Waals surface area contributed by atoms with Crippen LogP contribution in [0.15, 0.2) is 18.3 Å². The lowest BCUT2D eigenvalue weighted by Gasteiger charge is -2.32. The Hall–Kier alpha value is -2.68. The van der Waals surface area contributed by atoms with Crippen molar-refractivity contribution in [3.05, 3.63) is 29.7 Å². The van der Waals surface area contributed by atoms with Crippen LogP contribution in [0.5, 0.6) is 0 Å². The minimum atomic E-state index is 0.0160. The number of likely N-dealkylation sites (tertiary alicyclic amines) is 1. The Morgan fingerprint density at radius 3 is 2.50 bits per heavy atom. The van der Waals surface area contributed by atoms with Gasteiger partial charge in [0.2, 0.25) is 0 Å². The molecule has 4 rings (SSSR count). The van der Waals surface area contributed by atoms with Crippen molar-refractivity contribution in [3.63, 3.8) is 0 Å². The van der Waals surface area contributed by atoms with E-state index in [1.807, 2.05) is 32.5 Å². The van der Waals surface area contributed by atoms with E-state index in [-0.39, 0.29) is 17.9 Å². The average molecular weight is 385 g/mol. The van der Waals surface area contributed by atoms with E-state index >= 15 is 0 Å². The number of amides is 3. The Morgan fingerprint density at radius 1 is 1.04 bits per heavy atom. The van der Waals surface area contributed by atoms with E-state index in [4.69, 9.17) is 0 Å². The number of carbonyl (C=O) groups excluding carboxylic acids is 2. The van der Waals surface area contributed by atoms with Crippen LogP contribution in [0.2, 0.25) is 0 Å². The standard InChI is InChI=1S/C19H27N7O2/c1-22(2)19(28)25-7-6-14(12-25)17-21-20-16-5-4-15(13-26(16)17)18(27)24-10-8-23(3)9-11-24/h4-5,13-14H,6-12H2,1-3H3/t14-/m1/s1. The largest absolute Gasteiger partial charge is 0.336 e. The maximum absolute atomic E-state index is 12.9. The zero-order chi connectivity index (χ0) is 19.8. The van der Waals surface area contributed by atoms with E-state index in [1.54, 1.807) is 19.0 Å². The highest BCUT2D eigenvalue weighted by Crippen LogP contribution is 2.27. The molecule has 2 aliphatic rings. The normalized spacial score (nSPS) is 20.8. The zero-order valence-corrected chi connectivity index (χ0v) is 16.7. The molecular formula is C19H27N7O2. The average Bonchev–Trinajstić information content (AvgIpc) is 3.33. The molecule has 1 atom stereocenters. The molecule has 0 N–H and O–H groups in total. The fraction of sp³-hybridized carbons (Fsp3) is 0.579. The fourth-order valence-corrected chi connectivity index (χ4v) is 3.93. The number of fused-ring (bicyclic) bond motifs is 1. The monoisotopic (exact) mass is 385 g/mol. The van der Waals surface area contributed by atoms with Gasteiger partial charge in [0.25, 0.3) is 5.91 Å². The van der Waals surface area contributed by atoms with Crippen LogP contribution in [-0.2, 0) is 0 Å². The number of aromatic nitrogens is 3. The van der Waals surface area contributed by atoms with Gasteiger partial charge in [0.15, 0.2) is 5.65 Å². The summed E-state index contributed by atoms with van der Waals surface area (Å²) in [5.74, 6) is 0.982. The first kappa shape index (κ1) is 18.7. The van der Waals surface area contributed by atoms with Crippen molar-refractivity contribution >= 4 is 17.6 Å². The highest BCUT2D eigenvalue weighted by Gasteiger charge is 2.31. The molecule has 28 heavy (non-hydrogen) atoms. The summed E-state index contributed by atoms with van der Waals surface area (Å²) < 4.78 is 1.91. The van der Waals surface area contributed by atoms with Crippen molar-refractivity contribution in [2.45, 2.75) is 12.3 Å². The molecule has 0 spiro atoms. The van der Waals surface area contributed by atoms with Crippen LogP contribution >= 0.6 is 0 Å². The minimum Gasteiger partial charge on any atom is -0.336 e. The second-order valence-electron chi connectivity index (χ2n) is 7.91. The number of likely N-dealkylation sites (N-methyl/N-ethyl adjacent to an activating group) is 1. The third-order valence-corrected chi connectivity index (χ3v) is 5.67. The predicted octanol–water partition coefficient (Wildman–Crippen LogP) is 0.588. The Bertz CT molecular complexity index is 886. The molecule has 0 aliphatic carbocycles. The molecule has 0 bridgehead atoms. The lowest BCUT2D eigenvalue weighted by Crippen LogP contribution is -2.47. The van der Waals surface area contributed by atoms with Crippen molar-refractivity contribution in [3.8, 4) is 0 Å². The molecule has 0 saturated carbocycles. The lowest BCUT2D eigenvalue weighted by atomic mass is 10.1. The number of piperazine rings is 1. The van der Waals surface area contributed by atoms with Gasteiger partial charge in [-0.2, -0.15) is 0 Å². The van der Waals surface area contributed by atoms with Crippen LogP contribution in [0.3, 0.4) is 0 Å². The van der Waals surface area contributed by atoms with Gasteiger partial charge in [-0.05, 0) is 25.6 Å². The first-order chi connectivity index (χ1) is 13.4. The molecular weight excluding hydrogens is 358 g/mol. The minimum absolute atomic E-state index is 0.0160. The topological polar surface area (TPSA) is 77.3 Å². The molecule has 2 aromatic heterocycles. The molecule has 4 heterocycles. The highest BCUT2D eigenvalue weighted by molar-refractivity contribution is 5.94. The van der Waals surface area contributed by atoms with Gasteiger partial charge in [-0.15, -0.1) is 10.2 Å². The number of hydrogen-bond acceptors (Lipinski definition) is 5. The number of nitrogens with zero attached hydrogens (tertiary/aromatic N) is 7. The van der Waals surface area contributed by atoms with Gasteiger partial charge in [-0.1, -0.05) is 0 Å². The molecule has 2 aliphatic heterocycles. The third-order valence-electron chi connectivity index (χ3n) is 5.67. The maximum Gasteiger partial charge on any atom is 0.319 e. The van der Waals surface area contributed by atoms with E-state index in [0.29, 0.717) is 18.7 Å². The summed E-state index contributed by atoms with van der Waals surface area (Å²) in [7, 11) is 5.60. The predicted molar refractivity (Wildman–Crippen MR) is 104 cm³/mol. The summed E-state index contributed by atoms with van der Waals surface area (Å²) in [6.45, 7) is 4.59. The summed E-state index contributed by atoms with van der Waals surface area (Å²) in [5.41, 5.74) is 1.37. The maximum atomic E-state index is 12.9. The van der Waals surface area contributed by atoms with Gasteiger partial charge in [0.05, 0.1) is 5.56 Å². The first-order valence-electron chi connectivity index (χ1n) is 9.73. The number of rotatable bonds is 2. The smallest absolute Gasteiger partial charge is 0.319 e. The fourth-order valence-electron chi connectivity index (χ4n) is 3.93. The van der Waals surface area contributed by atoms with Crippen LogP contribution < -0.4 is 0 Å². The van der Waals surface area contributed by atoms with Crippen molar-refractivity contribution in [1.29, 1.82) is 0 Å². The molecule has 9 heteroatoms. The van der Waals surface area contributed by atoms with Crippen molar-refractivity contribution in [1.82, 2.24) is 34.2 Å². The molecule has 0 aromatic carbocycles. The number of urea groups is 1. The highest BCUT2D eigenvalue weighted by atomic mass is 16.2. The van der Waals surface area contributed by atoms with Gasteiger partial charge < -0.3 is 19.6 Å². The Morgan fingerprint density at radius 2 is 1.79 bits per heavy atom. The molecule has 0 radical (unpaired) electrons. The third kappa shape index (κ3) is 3.42. The number of pyridine rings is 1. The van der Waals surface area contributed by atoms with Gasteiger partial charge in [-0.3, -0.25) is 9.20 Å².